The van der Waals surface area contributed by atoms with Gasteiger partial charge in [0, 0.05) is 44.0 Å². The molecule has 1 fully saturated rings. The standard InChI is InChI=1S/C17H29N3/c1-4-14(3)19-10-12-20(13-11-19)16-8-6-15(7-9-16)17(18)5-2/h6-9,14,17H,4-5,10-13,18H2,1-3H3/t14?,17-/m0/s1. The molecule has 0 saturated carbocycles. The molecule has 1 saturated heterocycles. The molecule has 20 heavy (non-hydrogen) atoms. The van der Waals surface area contributed by atoms with Gasteiger partial charge in [-0.15, -0.1) is 0 Å². The van der Waals surface area contributed by atoms with Gasteiger partial charge in [0.25, 0.3) is 0 Å². The van der Waals surface area contributed by atoms with Crippen molar-refractivity contribution in [1.29, 1.82) is 0 Å². The highest BCUT2D eigenvalue weighted by Crippen LogP contribution is 2.21. The summed E-state index contributed by atoms with van der Waals surface area (Å²) >= 11 is 0. The number of nitrogens with zero attached hydrogens (tertiary/aromatic N) is 2. The van der Waals surface area contributed by atoms with Crippen molar-refractivity contribution in [2.24, 2.45) is 5.73 Å². The summed E-state index contributed by atoms with van der Waals surface area (Å²) in [5.41, 5.74) is 8.65. The summed E-state index contributed by atoms with van der Waals surface area (Å²) in [6.45, 7) is 11.3. The summed E-state index contributed by atoms with van der Waals surface area (Å²) in [4.78, 5) is 5.08. The van der Waals surface area contributed by atoms with Crippen LogP contribution in [-0.2, 0) is 0 Å². The Morgan fingerprint density at radius 2 is 1.60 bits per heavy atom. The van der Waals surface area contributed by atoms with E-state index >= 15 is 0 Å². The summed E-state index contributed by atoms with van der Waals surface area (Å²) in [6.07, 6.45) is 2.23. The number of rotatable bonds is 5. The quantitative estimate of drug-likeness (QED) is 0.896. The predicted octanol–water partition coefficient (Wildman–Crippen LogP) is 3.02. The van der Waals surface area contributed by atoms with Crippen LogP contribution in [0.2, 0.25) is 0 Å². The molecule has 0 bridgehead atoms. The summed E-state index contributed by atoms with van der Waals surface area (Å²) in [5, 5.41) is 0. The number of nitrogens with two attached hydrogens (primary N) is 1. The lowest BCUT2D eigenvalue weighted by Gasteiger charge is -2.39. The molecule has 2 atom stereocenters. The molecule has 1 unspecified atom stereocenters. The van der Waals surface area contributed by atoms with Gasteiger partial charge in [0.2, 0.25) is 0 Å². The van der Waals surface area contributed by atoms with E-state index in [2.05, 4.69) is 54.8 Å². The normalized spacial score (nSPS) is 19.9. The highest BCUT2D eigenvalue weighted by molar-refractivity contribution is 5.48. The smallest absolute Gasteiger partial charge is 0.0367 e. The lowest BCUT2D eigenvalue weighted by molar-refractivity contribution is 0.193. The molecule has 1 heterocycles. The van der Waals surface area contributed by atoms with Gasteiger partial charge in [0.15, 0.2) is 0 Å². The fraction of sp³-hybridized carbons (Fsp3) is 0.647. The molecule has 0 aromatic heterocycles. The zero-order valence-corrected chi connectivity index (χ0v) is 13.2. The molecule has 3 heteroatoms. The van der Waals surface area contributed by atoms with Gasteiger partial charge in [-0.1, -0.05) is 26.0 Å². The van der Waals surface area contributed by atoms with Gasteiger partial charge >= 0.3 is 0 Å². The summed E-state index contributed by atoms with van der Waals surface area (Å²) < 4.78 is 0. The molecule has 1 aliphatic heterocycles. The molecule has 2 rings (SSSR count). The number of benzene rings is 1. The minimum Gasteiger partial charge on any atom is -0.369 e. The average Bonchev–Trinajstić information content (AvgIpc) is 2.53. The van der Waals surface area contributed by atoms with Crippen LogP contribution in [0.15, 0.2) is 24.3 Å². The van der Waals surface area contributed by atoms with Crippen LogP contribution in [0.1, 0.15) is 45.2 Å². The van der Waals surface area contributed by atoms with Crippen molar-refractivity contribution in [3.05, 3.63) is 29.8 Å². The van der Waals surface area contributed by atoms with Gasteiger partial charge in [-0.3, -0.25) is 4.90 Å². The lowest BCUT2D eigenvalue weighted by atomic mass is 10.0. The second-order valence-corrected chi connectivity index (χ2v) is 5.89. The minimum atomic E-state index is 0.173. The third-order valence-corrected chi connectivity index (χ3v) is 4.65. The Balaban J connectivity index is 1.93. The van der Waals surface area contributed by atoms with E-state index < -0.39 is 0 Å². The molecule has 0 spiro atoms. The van der Waals surface area contributed by atoms with E-state index in [1.807, 2.05) is 0 Å². The lowest BCUT2D eigenvalue weighted by Crippen LogP contribution is -2.49. The number of anilines is 1. The van der Waals surface area contributed by atoms with Crippen LogP contribution in [0, 0.1) is 0 Å². The zero-order chi connectivity index (χ0) is 14.5. The second-order valence-electron chi connectivity index (χ2n) is 5.89. The summed E-state index contributed by atoms with van der Waals surface area (Å²) in [7, 11) is 0. The van der Waals surface area contributed by atoms with E-state index in [1.165, 1.54) is 30.8 Å². The highest BCUT2D eigenvalue weighted by atomic mass is 15.3. The van der Waals surface area contributed by atoms with Crippen molar-refractivity contribution in [3.8, 4) is 0 Å². The van der Waals surface area contributed by atoms with Crippen LogP contribution in [-0.4, -0.2) is 37.1 Å². The first-order valence-electron chi connectivity index (χ1n) is 8.00. The average molecular weight is 275 g/mol. The monoisotopic (exact) mass is 275 g/mol. The first kappa shape index (κ1) is 15.3. The molecule has 2 N–H and O–H groups in total. The third-order valence-electron chi connectivity index (χ3n) is 4.65. The highest BCUT2D eigenvalue weighted by Gasteiger charge is 2.20. The number of piperazine rings is 1. The first-order valence-corrected chi connectivity index (χ1v) is 8.00. The van der Waals surface area contributed by atoms with Gasteiger partial charge in [0.05, 0.1) is 0 Å². The number of hydrogen-bond donors (Lipinski definition) is 1. The molecule has 1 aliphatic rings. The molecule has 1 aromatic carbocycles. The Labute approximate surface area is 123 Å². The Morgan fingerprint density at radius 3 is 2.10 bits per heavy atom. The zero-order valence-electron chi connectivity index (χ0n) is 13.2. The number of hydrogen-bond acceptors (Lipinski definition) is 3. The van der Waals surface area contributed by atoms with Gasteiger partial charge in [-0.2, -0.15) is 0 Å². The van der Waals surface area contributed by atoms with Crippen molar-refractivity contribution >= 4 is 5.69 Å². The van der Waals surface area contributed by atoms with Gasteiger partial charge < -0.3 is 10.6 Å². The Morgan fingerprint density at radius 1 is 1.00 bits per heavy atom. The van der Waals surface area contributed by atoms with Crippen molar-refractivity contribution in [3.63, 3.8) is 0 Å². The molecule has 0 amide bonds. The van der Waals surface area contributed by atoms with E-state index in [4.69, 9.17) is 5.73 Å². The van der Waals surface area contributed by atoms with Crippen LogP contribution in [0.3, 0.4) is 0 Å². The molecular formula is C17H29N3. The fourth-order valence-corrected chi connectivity index (χ4v) is 2.85. The van der Waals surface area contributed by atoms with E-state index in [1.54, 1.807) is 0 Å². The van der Waals surface area contributed by atoms with Crippen LogP contribution >= 0.6 is 0 Å². The van der Waals surface area contributed by atoms with Gasteiger partial charge in [0.1, 0.15) is 0 Å². The van der Waals surface area contributed by atoms with Crippen LogP contribution < -0.4 is 10.6 Å². The maximum atomic E-state index is 6.07. The van der Waals surface area contributed by atoms with Crippen molar-refractivity contribution < 1.29 is 0 Å². The minimum absolute atomic E-state index is 0.173. The largest absolute Gasteiger partial charge is 0.369 e. The molecule has 3 nitrogen and oxygen atoms in total. The van der Waals surface area contributed by atoms with Gasteiger partial charge in [-0.05, 0) is 37.5 Å². The van der Waals surface area contributed by atoms with Crippen LogP contribution in [0.25, 0.3) is 0 Å². The maximum Gasteiger partial charge on any atom is 0.0367 e. The summed E-state index contributed by atoms with van der Waals surface area (Å²) in [6, 6.07) is 9.70. The summed E-state index contributed by atoms with van der Waals surface area (Å²) in [5.74, 6) is 0. The molecule has 1 aromatic rings. The topological polar surface area (TPSA) is 32.5 Å². The Bertz CT molecular complexity index is 393. The molecular weight excluding hydrogens is 246 g/mol. The van der Waals surface area contributed by atoms with Crippen molar-refractivity contribution in [2.45, 2.75) is 45.7 Å². The molecule has 0 radical (unpaired) electrons. The molecule has 0 aliphatic carbocycles. The van der Waals surface area contributed by atoms with Crippen molar-refractivity contribution in [2.75, 3.05) is 31.1 Å². The maximum absolute atomic E-state index is 6.07. The first-order chi connectivity index (χ1) is 9.65. The SMILES string of the molecule is CCC(C)N1CCN(c2ccc([C@@H](N)CC)cc2)CC1. The van der Waals surface area contributed by atoms with E-state index in [9.17, 15) is 0 Å². The Kier molecular flexibility index (Phi) is 5.44. The van der Waals surface area contributed by atoms with E-state index in [0.29, 0.717) is 6.04 Å². The fourth-order valence-electron chi connectivity index (χ4n) is 2.85. The van der Waals surface area contributed by atoms with Gasteiger partial charge in [-0.25, -0.2) is 0 Å². The van der Waals surface area contributed by atoms with E-state index in [-0.39, 0.29) is 6.04 Å². The molecule has 112 valence electrons. The Hall–Kier alpha value is -1.06. The predicted molar refractivity (Wildman–Crippen MR) is 87.2 cm³/mol. The van der Waals surface area contributed by atoms with Crippen LogP contribution in [0.4, 0.5) is 5.69 Å². The van der Waals surface area contributed by atoms with E-state index in [0.717, 1.165) is 19.5 Å². The van der Waals surface area contributed by atoms with Crippen molar-refractivity contribution in [1.82, 2.24) is 4.90 Å². The third kappa shape index (κ3) is 3.53. The second kappa shape index (κ2) is 7.09. The van der Waals surface area contributed by atoms with Crippen LogP contribution in [0.5, 0.6) is 0 Å².